The highest BCUT2D eigenvalue weighted by Gasteiger charge is 2.22. The zero-order valence-corrected chi connectivity index (χ0v) is 7.31. The first-order valence-electron chi connectivity index (χ1n) is 4.32. The Morgan fingerprint density at radius 3 is 2.77 bits per heavy atom. The average molecular weight is 180 g/mol. The van der Waals surface area contributed by atoms with Gasteiger partial charge >= 0.3 is 0 Å². The molecule has 1 fully saturated rings. The molecular weight excluding hydrogens is 168 g/mol. The minimum absolute atomic E-state index is 0.296. The van der Waals surface area contributed by atoms with Gasteiger partial charge in [0.1, 0.15) is 11.9 Å². The first-order valence-corrected chi connectivity index (χ1v) is 4.32. The molecule has 0 spiro atoms. The van der Waals surface area contributed by atoms with Crippen LogP contribution in [-0.2, 0) is 9.47 Å². The zero-order valence-electron chi connectivity index (χ0n) is 7.31. The molecule has 0 aliphatic carbocycles. The first-order chi connectivity index (χ1) is 6.45. The van der Waals surface area contributed by atoms with Gasteiger partial charge in [0.2, 0.25) is 0 Å². The minimum Gasteiger partial charge on any atom is -0.468 e. The van der Waals surface area contributed by atoms with Crippen LogP contribution in [0.5, 0.6) is 5.75 Å². The van der Waals surface area contributed by atoms with E-state index >= 15 is 0 Å². The molecule has 0 amide bonds. The van der Waals surface area contributed by atoms with Crippen molar-refractivity contribution < 1.29 is 14.2 Å². The maximum absolute atomic E-state index is 5.31. The second kappa shape index (κ2) is 4.25. The van der Waals surface area contributed by atoms with Gasteiger partial charge in [-0.3, -0.25) is 0 Å². The van der Waals surface area contributed by atoms with Gasteiger partial charge in [0.15, 0.2) is 6.79 Å². The van der Waals surface area contributed by atoms with Crippen molar-refractivity contribution >= 4 is 0 Å². The molecule has 3 heteroatoms. The van der Waals surface area contributed by atoms with Gasteiger partial charge in [-0.05, 0) is 12.1 Å². The fourth-order valence-electron chi connectivity index (χ4n) is 0.970. The second-order valence-electron chi connectivity index (χ2n) is 2.90. The van der Waals surface area contributed by atoms with Crippen molar-refractivity contribution in [3.63, 3.8) is 0 Å². The fraction of sp³-hybridized carbons (Fsp3) is 0.400. The van der Waals surface area contributed by atoms with Crippen LogP contribution in [-0.4, -0.2) is 26.1 Å². The van der Waals surface area contributed by atoms with Crippen molar-refractivity contribution in [1.82, 2.24) is 0 Å². The van der Waals surface area contributed by atoms with Crippen LogP contribution >= 0.6 is 0 Å². The molecule has 0 bridgehead atoms. The summed E-state index contributed by atoms with van der Waals surface area (Å²) in [6, 6.07) is 9.61. The van der Waals surface area contributed by atoms with Crippen LogP contribution in [0.3, 0.4) is 0 Å². The molecule has 1 aromatic rings. The molecule has 1 aliphatic heterocycles. The van der Waals surface area contributed by atoms with Gasteiger partial charge in [0, 0.05) is 0 Å². The maximum Gasteiger partial charge on any atom is 0.189 e. The van der Waals surface area contributed by atoms with E-state index in [0.717, 1.165) is 12.4 Å². The molecule has 1 saturated heterocycles. The highest BCUT2D eigenvalue weighted by atomic mass is 16.7. The standard InChI is InChI=1S/C10H12O3/c1-2-4-9(5-3-1)13-8-11-6-10-7-12-10/h1-5,10H,6-8H2. The lowest BCUT2D eigenvalue weighted by molar-refractivity contribution is 0.00822. The molecule has 0 saturated carbocycles. The predicted octanol–water partition coefficient (Wildman–Crippen LogP) is 1.44. The van der Waals surface area contributed by atoms with Gasteiger partial charge in [-0.2, -0.15) is 0 Å². The number of ether oxygens (including phenoxy) is 3. The molecule has 0 radical (unpaired) electrons. The van der Waals surface area contributed by atoms with Crippen LogP contribution in [0.2, 0.25) is 0 Å². The molecule has 2 rings (SSSR count). The summed E-state index contributed by atoms with van der Waals surface area (Å²) < 4.78 is 15.5. The van der Waals surface area contributed by atoms with E-state index in [1.54, 1.807) is 0 Å². The Morgan fingerprint density at radius 1 is 1.31 bits per heavy atom. The molecular formula is C10H12O3. The molecule has 1 unspecified atom stereocenters. The summed E-state index contributed by atoms with van der Waals surface area (Å²) in [5.41, 5.74) is 0. The molecule has 1 heterocycles. The van der Waals surface area contributed by atoms with E-state index in [4.69, 9.17) is 14.2 Å². The van der Waals surface area contributed by atoms with Crippen LogP contribution in [0.25, 0.3) is 0 Å². The van der Waals surface area contributed by atoms with E-state index in [1.807, 2.05) is 30.3 Å². The lowest BCUT2D eigenvalue weighted by Crippen LogP contribution is -2.07. The predicted molar refractivity (Wildman–Crippen MR) is 47.6 cm³/mol. The summed E-state index contributed by atoms with van der Waals surface area (Å²) in [4.78, 5) is 0. The molecule has 0 N–H and O–H groups in total. The van der Waals surface area contributed by atoms with Gasteiger partial charge in [0.25, 0.3) is 0 Å². The van der Waals surface area contributed by atoms with Crippen molar-refractivity contribution in [3.05, 3.63) is 30.3 Å². The monoisotopic (exact) mass is 180 g/mol. The van der Waals surface area contributed by atoms with Crippen LogP contribution in [0.15, 0.2) is 30.3 Å². The summed E-state index contributed by atoms with van der Waals surface area (Å²) >= 11 is 0. The molecule has 70 valence electrons. The third-order valence-electron chi connectivity index (χ3n) is 1.76. The Kier molecular flexibility index (Phi) is 2.79. The van der Waals surface area contributed by atoms with Crippen molar-refractivity contribution in [3.8, 4) is 5.75 Å². The SMILES string of the molecule is c1ccc(OCOCC2CO2)cc1. The summed E-state index contributed by atoms with van der Waals surface area (Å²) in [5, 5.41) is 0. The third-order valence-corrected chi connectivity index (χ3v) is 1.76. The lowest BCUT2D eigenvalue weighted by atomic mass is 10.3. The summed E-state index contributed by atoms with van der Waals surface area (Å²) in [7, 11) is 0. The number of hydrogen-bond acceptors (Lipinski definition) is 3. The number of para-hydroxylation sites is 1. The number of rotatable bonds is 5. The zero-order chi connectivity index (χ0) is 8.93. The van der Waals surface area contributed by atoms with Crippen LogP contribution in [0.4, 0.5) is 0 Å². The van der Waals surface area contributed by atoms with Crippen molar-refractivity contribution in [2.75, 3.05) is 20.0 Å². The summed E-state index contributed by atoms with van der Waals surface area (Å²) in [6.07, 6.45) is 0.305. The van der Waals surface area contributed by atoms with Crippen molar-refractivity contribution in [1.29, 1.82) is 0 Å². The average Bonchev–Trinajstić information content (AvgIpc) is 2.98. The van der Waals surface area contributed by atoms with Crippen LogP contribution in [0.1, 0.15) is 0 Å². The van der Waals surface area contributed by atoms with Crippen LogP contribution in [0, 0.1) is 0 Å². The second-order valence-corrected chi connectivity index (χ2v) is 2.90. The van der Waals surface area contributed by atoms with Gasteiger partial charge in [-0.15, -0.1) is 0 Å². The molecule has 3 nitrogen and oxygen atoms in total. The van der Waals surface area contributed by atoms with Crippen molar-refractivity contribution in [2.24, 2.45) is 0 Å². The molecule has 13 heavy (non-hydrogen) atoms. The topological polar surface area (TPSA) is 31.0 Å². The minimum atomic E-state index is 0.296. The maximum atomic E-state index is 5.31. The quantitative estimate of drug-likeness (QED) is 0.390. The Labute approximate surface area is 77.2 Å². The van der Waals surface area contributed by atoms with Gasteiger partial charge < -0.3 is 14.2 Å². The molecule has 0 aromatic heterocycles. The number of hydrogen-bond donors (Lipinski definition) is 0. The summed E-state index contributed by atoms with van der Waals surface area (Å²) in [5.74, 6) is 0.833. The van der Waals surface area contributed by atoms with Gasteiger partial charge in [0.05, 0.1) is 13.2 Å². The highest BCUT2D eigenvalue weighted by Crippen LogP contribution is 2.10. The highest BCUT2D eigenvalue weighted by molar-refractivity contribution is 5.20. The normalized spacial score (nSPS) is 19.8. The summed E-state index contributed by atoms with van der Waals surface area (Å²) in [6.45, 7) is 1.75. The smallest absolute Gasteiger partial charge is 0.189 e. The van der Waals surface area contributed by atoms with E-state index in [2.05, 4.69) is 0 Å². The Balaban J connectivity index is 1.61. The largest absolute Gasteiger partial charge is 0.468 e. The number of epoxide rings is 1. The third kappa shape index (κ3) is 3.05. The molecule has 1 atom stereocenters. The Bertz CT molecular complexity index is 244. The van der Waals surface area contributed by atoms with Gasteiger partial charge in [-0.25, -0.2) is 0 Å². The molecule has 1 aliphatic rings. The number of benzene rings is 1. The Morgan fingerprint density at radius 2 is 2.08 bits per heavy atom. The van der Waals surface area contributed by atoms with E-state index in [9.17, 15) is 0 Å². The Hall–Kier alpha value is -1.06. The van der Waals surface area contributed by atoms with Crippen LogP contribution < -0.4 is 4.74 Å². The van der Waals surface area contributed by atoms with E-state index in [1.165, 1.54) is 0 Å². The van der Waals surface area contributed by atoms with E-state index < -0.39 is 0 Å². The lowest BCUT2D eigenvalue weighted by Gasteiger charge is -2.05. The fourth-order valence-corrected chi connectivity index (χ4v) is 0.970. The van der Waals surface area contributed by atoms with E-state index in [0.29, 0.717) is 19.5 Å². The first kappa shape index (κ1) is 8.53. The van der Waals surface area contributed by atoms with E-state index in [-0.39, 0.29) is 0 Å². The van der Waals surface area contributed by atoms with Gasteiger partial charge in [-0.1, -0.05) is 18.2 Å². The van der Waals surface area contributed by atoms with Crippen molar-refractivity contribution in [2.45, 2.75) is 6.10 Å². The molecule has 1 aromatic carbocycles.